The minimum atomic E-state index is -3.60. The first-order chi connectivity index (χ1) is 14.3. The van der Waals surface area contributed by atoms with Crippen LogP contribution in [0, 0.1) is 10.1 Å². The van der Waals surface area contributed by atoms with Crippen LogP contribution in [0.2, 0.25) is 0 Å². The summed E-state index contributed by atoms with van der Waals surface area (Å²) < 4.78 is 33.0. The minimum Gasteiger partial charge on any atom is -0.484 e. The molecule has 0 radical (unpaired) electrons. The fraction of sp³-hybridized carbons (Fsp3) is 0.350. The Kier molecular flexibility index (Phi) is 7.01. The Balaban J connectivity index is 1.51. The number of ether oxygens (including phenoxy) is 1. The molecule has 1 fully saturated rings. The van der Waals surface area contributed by atoms with E-state index in [1.54, 1.807) is 0 Å². The van der Waals surface area contributed by atoms with Crippen LogP contribution in [0.4, 0.5) is 11.4 Å². The van der Waals surface area contributed by atoms with Crippen molar-refractivity contribution in [1.82, 2.24) is 4.72 Å². The van der Waals surface area contributed by atoms with Crippen molar-refractivity contribution in [2.24, 2.45) is 0 Å². The SMILES string of the molecule is O=C(COc1ccc([N+](=O)[O-])cc1)Nc1ccc(S(=O)(=O)NC2CCCCC2)cc1. The lowest BCUT2D eigenvalue weighted by molar-refractivity contribution is -0.384. The van der Waals surface area contributed by atoms with Gasteiger partial charge in [0.05, 0.1) is 9.82 Å². The van der Waals surface area contributed by atoms with Crippen molar-refractivity contribution in [1.29, 1.82) is 0 Å². The summed E-state index contributed by atoms with van der Waals surface area (Å²) in [7, 11) is -3.60. The molecule has 1 aliphatic carbocycles. The summed E-state index contributed by atoms with van der Waals surface area (Å²) in [6.07, 6.45) is 4.89. The number of benzene rings is 2. The average Bonchev–Trinajstić information content (AvgIpc) is 2.73. The zero-order valence-corrected chi connectivity index (χ0v) is 17.1. The van der Waals surface area contributed by atoms with Gasteiger partial charge in [0, 0.05) is 23.9 Å². The predicted molar refractivity (Wildman–Crippen MR) is 111 cm³/mol. The number of hydrogen-bond donors (Lipinski definition) is 2. The molecule has 10 heteroatoms. The number of nitrogens with one attached hydrogen (secondary N) is 2. The lowest BCUT2D eigenvalue weighted by atomic mass is 9.96. The fourth-order valence-corrected chi connectivity index (χ4v) is 4.54. The van der Waals surface area contributed by atoms with Gasteiger partial charge in [-0.2, -0.15) is 0 Å². The molecule has 0 heterocycles. The van der Waals surface area contributed by atoms with E-state index in [0.717, 1.165) is 32.1 Å². The van der Waals surface area contributed by atoms with Crippen LogP contribution in [0.3, 0.4) is 0 Å². The number of hydrogen-bond acceptors (Lipinski definition) is 6. The van der Waals surface area contributed by atoms with Crippen LogP contribution in [-0.4, -0.2) is 31.9 Å². The standard InChI is InChI=1S/C20H23N3O6S/c24-20(14-29-18-10-8-17(9-11-18)23(25)26)21-15-6-12-19(13-7-15)30(27,28)22-16-4-2-1-3-5-16/h6-13,16,22H,1-5,14H2,(H,21,24). The molecule has 0 atom stereocenters. The van der Waals surface area contributed by atoms with E-state index in [0.29, 0.717) is 11.4 Å². The van der Waals surface area contributed by atoms with E-state index in [9.17, 15) is 23.3 Å². The van der Waals surface area contributed by atoms with E-state index < -0.39 is 20.9 Å². The molecular formula is C20H23N3O6S. The van der Waals surface area contributed by atoms with Gasteiger partial charge in [-0.15, -0.1) is 0 Å². The maximum absolute atomic E-state index is 12.5. The van der Waals surface area contributed by atoms with Gasteiger partial charge in [0.1, 0.15) is 5.75 Å². The first kappa shape index (κ1) is 21.7. The van der Waals surface area contributed by atoms with E-state index in [1.165, 1.54) is 48.5 Å². The lowest BCUT2D eigenvalue weighted by Gasteiger charge is -2.22. The quantitative estimate of drug-likeness (QED) is 0.486. The molecule has 160 valence electrons. The Labute approximate surface area is 174 Å². The Morgan fingerprint density at radius 2 is 1.67 bits per heavy atom. The summed E-state index contributed by atoms with van der Waals surface area (Å²) in [5, 5.41) is 13.2. The second kappa shape index (κ2) is 9.68. The average molecular weight is 433 g/mol. The normalized spacial score (nSPS) is 14.8. The van der Waals surface area contributed by atoms with Crippen molar-refractivity contribution in [2.45, 2.75) is 43.0 Å². The predicted octanol–water partition coefficient (Wildman–Crippen LogP) is 3.22. The molecule has 9 nitrogen and oxygen atoms in total. The molecule has 3 rings (SSSR count). The van der Waals surface area contributed by atoms with Gasteiger partial charge in [-0.05, 0) is 49.2 Å². The van der Waals surface area contributed by atoms with E-state index in [4.69, 9.17) is 4.74 Å². The van der Waals surface area contributed by atoms with Gasteiger partial charge in [0.15, 0.2) is 6.61 Å². The van der Waals surface area contributed by atoms with Gasteiger partial charge in [0.2, 0.25) is 10.0 Å². The van der Waals surface area contributed by atoms with Crippen molar-refractivity contribution >= 4 is 27.3 Å². The Hall–Kier alpha value is -2.98. The van der Waals surface area contributed by atoms with Crippen LogP contribution < -0.4 is 14.8 Å². The number of nitro groups is 1. The van der Waals surface area contributed by atoms with Crippen molar-refractivity contribution in [3.8, 4) is 5.75 Å². The van der Waals surface area contributed by atoms with Crippen molar-refractivity contribution in [3.05, 3.63) is 58.6 Å². The summed E-state index contributed by atoms with van der Waals surface area (Å²) in [6, 6.07) is 11.3. The van der Waals surface area contributed by atoms with Gasteiger partial charge < -0.3 is 10.1 Å². The molecule has 2 aromatic rings. The number of amides is 1. The molecule has 0 bridgehead atoms. The minimum absolute atomic E-state index is 0.0281. The molecule has 1 saturated carbocycles. The highest BCUT2D eigenvalue weighted by molar-refractivity contribution is 7.89. The van der Waals surface area contributed by atoms with Gasteiger partial charge in [-0.1, -0.05) is 19.3 Å². The Morgan fingerprint density at radius 1 is 1.03 bits per heavy atom. The highest BCUT2D eigenvalue weighted by atomic mass is 32.2. The summed E-state index contributed by atoms with van der Waals surface area (Å²) in [5.41, 5.74) is 0.365. The molecule has 2 aromatic carbocycles. The molecular weight excluding hydrogens is 410 g/mol. The number of nitro benzene ring substituents is 1. The third-order valence-corrected chi connectivity index (χ3v) is 6.33. The number of nitrogens with zero attached hydrogens (tertiary/aromatic N) is 1. The largest absolute Gasteiger partial charge is 0.484 e. The van der Waals surface area contributed by atoms with E-state index in [1.807, 2.05) is 0 Å². The third kappa shape index (κ3) is 6.01. The highest BCUT2D eigenvalue weighted by Crippen LogP contribution is 2.21. The van der Waals surface area contributed by atoms with Crippen LogP contribution in [0.15, 0.2) is 53.4 Å². The third-order valence-electron chi connectivity index (χ3n) is 4.79. The molecule has 0 aliphatic heterocycles. The molecule has 0 saturated heterocycles. The molecule has 0 aromatic heterocycles. The second-order valence-corrected chi connectivity index (χ2v) is 8.78. The fourth-order valence-electron chi connectivity index (χ4n) is 3.24. The van der Waals surface area contributed by atoms with Crippen LogP contribution in [0.5, 0.6) is 5.75 Å². The molecule has 0 unspecified atom stereocenters. The highest BCUT2D eigenvalue weighted by Gasteiger charge is 2.21. The lowest BCUT2D eigenvalue weighted by Crippen LogP contribution is -2.36. The molecule has 30 heavy (non-hydrogen) atoms. The number of anilines is 1. The van der Waals surface area contributed by atoms with Gasteiger partial charge >= 0.3 is 0 Å². The smallest absolute Gasteiger partial charge is 0.269 e. The summed E-state index contributed by atoms with van der Waals surface area (Å²) in [6.45, 7) is -0.291. The number of sulfonamides is 1. The van der Waals surface area contributed by atoms with Crippen LogP contribution >= 0.6 is 0 Å². The topological polar surface area (TPSA) is 128 Å². The van der Waals surface area contributed by atoms with Crippen LogP contribution in [0.1, 0.15) is 32.1 Å². The van der Waals surface area contributed by atoms with E-state index in [-0.39, 0.29) is 23.2 Å². The molecule has 1 amide bonds. The maximum Gasteiger partial charge on any atom is 0.269 e. The van der Waals surface area contributed by atoms with Crippen LogP contribution in [-0.2, 0) is 14.8 Å². The number of carbonyl (C=O) groups excluding carboxylic acids is 1. The first-order valence-corrected chi connectivity index (χ1v) is 11.1. The summed E-state index contributed by atoms with van der Waals surface area (Å²) in [4.78, 5) is 22.3. The summed E-state index contributed by atoms with van der Waals surface area (Å²) in [5.74, 6) is -0.115. The number of non-ortho nitro benzene ring substituents is 1. The Bertz CT molecular complexity index is 984. The van der Waals surface area contributed by atoms with Gasteiger partial charge in [-0.25, -0.2) is 13.1 Å². The number of carbonyl (C=O) groups is 1. The van der Waals surface area contributed by atoms with E-state index in [2.05, 4.69) is 10.0 Å². The first-order valence-electron chi connectivity index (χ1n) is 9.63. The molecule has 2 N–H and O–H groups in total. The zero-order chi connectivity index (χ0) is 21.6. The van der Waals surface area contributed by atoms with Crippen molar-refractivity contribution in [2.75, 3.05) is 11.9 Å². The number of rotatable bonds is 8. The summed E-state index contributed by atoms with van der Waals surface area (Å²) >= 11 is 0. The molecule has 0 spiro atoms. The van der Waals surface area contributed by atoms with E-state index >= 15 is 0 Å². The van der Waals surface area contributed by atoms with Crippen LogP contribution in [0.25, 0.3) is 0 Å². The van der Waals surface area contributed by atoms with Crippen molar-refractivity contribution in [3.63, 3.8) is 0 Å². The second-order valence-electron chi connectivity index (χ2n) is 7.07. The molecule has 1 aliphatic rings. The Morgan fingerprint density at radius 3 is 2.27 bits per heavy atom. The van der Waals surface area contributed by atoms with Crippen molar-refractivity contribution < 1.29 is 22.9 Å². The van der Waals surface area contributed by atoms with Gasteiger partial charge in [-0.3, -0.25) is 14.9 Å². The van der Waals surface area contributed by atoms with Gasteiger partial charge in [0.25, 0.3) is 11.6 Å². The maximum atomic E-state index is 12.5. The monoisotopic (exact) mass is 433 g/mol. The zero-order valence-electron chi connectivity index (χ0n) is 16.2.